The normalized spacial score (nSPS) is 18.4. The van der Waals surface area contributed by atoms with E-state index in [1.807, 2.05) is 30.0 Å². The maximum atomic E-state index is 12.2. The lowest BCUT2D eigenvalue weighted by atomic mass is 10.1. The van der Waals surface area contributed by atoms with E-state index in [0.29, 0.717) is 31.3 Å². The van der Waals surface area contributed by atoms with Crippen molar-refractivity contribution >= 4 is 44.7 Å². The molecule has 0 radical (unpaired) electrons. The lowest BCUT2D eigenvalue weighted by Crippen LogP contribution is -2.54. The molecule has 0 bridgehead atoms. The molecule has 114 valence electrons. The summed E-state index contributed by atoms with van der Waals surface area (Å²) < 4.78 is 6.35. The van der Waals surface area contributed by atoms with Crippen LogP contribution in [0.3, 0.4) is 0 Å². The number of halogens is 1. The SMILES string of the molecule is CCNC(=O)C1COCCN1c1ccc(Br)cc1C(N)=S. The number of nitrogens with one attached hydrogen (secondary N) is 1. The molecule has 0 saturated carbocycles. The first kappa shape index (κ1) is 16.2. The summed E-state index contributed by atoms with van der Waals surface area (Å²) >= 11 is 8.55. The molecule has 2 rings (SSSR count). The van der Waals surface area contributed by atoms with Crippen molar-refractivity contribution in [3.8, 4) is 0 Å². The zero-order valence-electron chi connectivity index (χ0n) is 11.8. The van der Waals surface area contributed by atoms with Crippen LogP contribution < -0.4 is 16.0 Å². The van der Waals surface area contributed by atoms with E-state index in [-0.39, 0.29) is 11.9 Å². The average molecular weight is 372 g/mol. The second-order valence-corrected chi connectivity index (χ2v) is 6.06. The molecular formula is C14H18BrN3O2S. The molecule has 1 fully saturated rings. The molecule has 21 heavy (non-hydrogen) atoms. The molecule has 1 aliphatic heterocycles. The van der Waals surface area contributed by atoms with Crippen LogP contribution in [0.15, 0.2) is 22.7 Å². The molecule has 1 heterocycles. The topological polar surface area (TPSA) is 67.6 Å². The van der Waals surface area contributed by atoms with Crippen LogP contribution in [0.4, 0.5) is 5.69 Å². The van der Waals surface area contributed by atoms with Crippen molar-refractivity contribution in [2.45, 2.75) is 13.0 Å². The Morgan fingerprint density at radius 3 is 3.05 bits per heavy atom. The van der Waals surface area contributed by atoms with E-state index >= 15 is 0 Å². The van der Waals surface area contributed by atoms with Crippen LogP contribution >= 0.6 is 28.1 Å². The molecule has 1 saturated heterocycles. The Morgan fingerprint density at radius 1 is 1.62 bits per heavy atom. The van der Waals surface area contributed by atoms with Gasteiger partial charge < -0.3 is 20.7 Å². The maximum Gasteiger partial charge on any atom is 0.245 e. The summed E-state index contributed by atoms with van der Waals surface area (Å²) in [7, 11) is 0. The van der Waals surface area contributed by atoms with Crippen molar-refractivity contribution in [1.29, 1.82) is 0 Å². The third kappa shape index (κ3) is 3.72. The Morgan fingerprint density at radius 2 is 2.38 bits per heavy atom. The summed E-state index contributed by atoms with van der Waals surface area (Å²) in [6.45, 7) is 4.04. The van der Waals surface area contributed by atoms with Crippen molar-refractivity contribution in [3.05, 3.63) is 28.2 Å². The monoisotopic (exact) mass is 371 g/mol. The molecular weight excluding hydrogens is 354 g/mol. The predicted molar refractivity (Wildman–Crippen MR) is 90.7 cm³/mol. The second kappa shape index (κ2) is 7.20. The molecule has 1 aromatic rings. The van der Waals surface area contributed by atoms with Gasteiger partial charge in [-0.2, -0.15) is 0 Å². The van der Waals surface area contributed by atoms with Gasteiger partial charge in [-0.3, -0.25) is 4.79 Å². The smallest absolute Gasteiger partial charge is 0.245 e. The molecule has 1 aliphatic rings. The van der Waals surface area contributed by atoms with Gasteiger partial charge in [-0.1, -0.05) is 28.1 Å². The number of hydrogen-bond donors (Lipinski definition) is 2. The first-order valence-corrected chi connectivity index (χ1v) is 7.96. The van der Waals surface area contributed by atoms with Crippen LogP contribution in [0.25, 0.3) is 0 Å². The average Bonchev–Trinajstić information content (AvgIpc) is 2.47. The van der Waals surface area contributed by atoms with E-state index < -0.39 is 0 Å². The van der Waals surface area contributed by atoms with Gasteiger partial charge in [-0.05, 0) is 25.1 Å². The fraction of sp³-hybridized carbons (Fsp3) is 0.429. The Labute approximate surface area is 137 Å². The third-order valence-electron chi connectivity index (χ3n) is 3.32. The number of anilines is 1. The van der Waals surface area contributed by atoms with Crippen LogP contribution in [0.2, 0.25) is 0 Å². The van der Waals surface area contributed by atoms with Crippen molar-refractivity contribution in [2.75, 3.05) is 31.2 Å². The first-order valence-electron chi connectivity index (χ1n) is 6.76. The molecule has 1 amide bonds. The van der Waals surface area contributed by atoms with E-state index in [1.54, 1.807) is 0 Å². The number of carbonyl (C=O) groups is 1. The van der Waals surface area contributed by atoms with Crippen LogP contribution in [0.5, 0.6) is 0 Å². The van der Waals surface area contributed by atoms with Crippen molar-refractivity contribution < 1.29 is 9.53 Å². The Balaban J connectivity index is 2.37. The predicted octanol–water partition coefficient (Wildman–Crippen LogP) is 1.42. The maximum absolute atomic E-state index is 12.2. The molecule has 1 aromatic carbocycles. The van der Waals surface area contributed by atoms with Gasteiger partial charge in [-0.25, -0.2) is 0 Å². The summed E-state index contributed by atoms with van der Waals surface area (Å²) in [6.07, 6.45) is 0. The van der Waals surface area contributed by atoms with Gasteiger partial charge in [0.2, 0.25) is 5.91 Å². The summed E-state index contributed by atoms with van der Waals surface area (Å²) in [5.41, 5.74) is 7.45. The van der Waals surface area contributed by atoms with E-state index in [1.165, 1.54) is 0 Å². The van der Waals surface area contributed by atoms with Crippen LogP contribution in [0.1, 0.15) is 12.5 Å². The van der Waals surface area contributed by atoms with Crippen LogP contribution in [-0.2, 0) is 9.53 Å². The number of rotatable bonds is 4. The Kier molecular flexibility index (Phi) is 5.55. The highest BCUT2D eigenvalue weighted by Gasteiger charge is 2.30. The summed E-state index contributed by atoms with van der Waals surface area (Å²) in [5.74, 6) is -0.0472. The lowest BCUT2D eigenvalue weighted by molar-refractivity contribution is -0.124. The first-order chi connectivity index (χ1) is 10.0. The highest BCUT2D eigenvalue weighted by atomic mass is 79.9. The molecule has 1 unspecified atom stereocenters. The van der Waals surface area contributed by atoms with Gasteiger partial charge in [0.15, 0.2) is 0 Å². The van der Waals surface area contributed by atoms with E-state index in [9.17, 15) is 4.79 Å². The van der Waals surface area contributed by atoms with Gasteiger partial charge in [0.05, 0.1) is 13.2 Å². The number of amides is 1. The number of nitrogens with two attached hydrogens (primary N) is 1. The number of ether oxygens (including phenoxy) is 1. The summed E-state index contributed by atoms with van der Waals surface area (Å²) in [6, 6.07) is 5.35. The number of benzene rings is 1. The number of carbonyl (C=O) groups excluding carboxylic acids is 1. The molecule has 1 atom stereocenters. The molecule has 0 spiro atoms. The fourth-order valence-corrected chi connectivity index (χ4v) is 2.88. The van der Waals surface area contributed by atoms with Crippen molar-refractivity contribution in [3.63, 3.8) is 0 Å². The molecule has 5 nitrogen and oxygen atoms in total. The van der Waals surface area contributed by atoms with E-state index in [2.05, 4.69) is 21.2 Å². The Hall–Kier alpha value is -1.18. The number of thiocarbonyl (C=S) groups is 1. The summed E-state index contributed by atoms with van der Waals surface area (Å²) in [4.78, 5) is 14.5. The zero-order valence-corrected chi connectivity index (χ0v) is 14.2. The van der Waals surface area contributed by atoms with Gasteiger partial charge in [-0.15, -0.1) is 0 Å². The quantitative estimate of drug-likeness (QED) is 0.783. The number of nitrogens with zero attached hydrogens (tertiary/aromatic N) is 1. The highest BCUT2D eigenvalue weighted by molar-refractivity contribution is 9.10. The minimum Gasteiger partial charge on any atom is -0.389 e. The van der Waals surface area contributed by atoms with Gasteiger partial charge >= 0.3 is 0 Å². The van der Waals surface area contributed by atoms with Gasteiger partial charge in [0.1, 0.15) is 11.0 Å². The van der Waals surface area contributed by atoms with Crippen molar-refractivity contribution in [2.24, 2.45) is 5.73 Å². The van der Waals surface area contributed by atoms with Crippen LogP contribution in [0, 0.1) is 0 Å². The van der Waals surface area contributed by atoms with Crippen LogP contribution in [-0.4, -0.2) is 43.2 Å². The van der Waals surface area contributed by atoms with E-state index in [4.69, 9.17) is 22.7 Å². The molecule has 0 aromatic heterocycles. The lowest BCUT2D eigenvalue weighted by Gasteiger charge is -2.37. The second-order valence-electron chi connectivity index (χ2n) is 4.70. The minimum absolute atomic E-state index is 0.0472. The fourth-order valence-electron chi connectivity index (χ4n) is 2.36. The van der Waals surface area contributed by atoms with Gasteiger partial charge in [0, 0.05) is 28.8 Å². The number of hydrogen-bond acceptors (Lipinski definition) is 4. The standard InChI is InChI=1S/C14H18BrN3O2S/c1-2-17-14(19)12-8-20-6-5-18(12)11-4-3-9(15)7-10(11)13(16)21/h3-4,7,12H,2,5-6,8H2,1H3,(H2,16,21)(H,17,19). The van der Waals surface area contributed by atoms with Crippen molar-refractivity contribution in [1.82, 2.24) is 5.32 Å². The molecule has 0 aliphatic carbocycles. The Bertz CT molecular complexity index is 553. The van der Waals surface area contributed by atoms with E-state index in [0.717, 1.165) is 15.7 Å². The molecule has 3 N–H and O–H groups in total. The third-order valence-corrected chi connectivity index (χ3v) is 4.03. The largest absolute Gasteiger partial charge is 0.389 e. The number of likely N-dealkylation sites (N-methyl/N-ethyl adjacent to an activating group) is 1. The van der Waals surface area contributed by atoms with Gasteiger partial charge in [0.25, 0.3) is 0 Å². The highest BCUT2D eigenvalue weighted by Crippen LogP contribution is 2.27. The minimum atomic E-state index is -0.368. The number of morpholine rings is 1. The summed E-state index contributed by atoms with van der Waals surface area (Å²) in [5, 5.41) is 2.84. The zero-order chi connectivity index (χ0) is 15.4. The molecule has 7 heteroatoms.